The molecule has 2 fully saturated rings. The van der Waals surface area contributed by atoms with Crippen LogP contribution in [0.1, 0.15) is 44.6 Å². The van der Waals surface area contributed by atoms with Gasteiger partial charge in [0.2, 0.25) is 0 Å². The number of hydrogen-bond acceptors (Lipinski definition) is 2. The Bertz CT molecular complexity index is 512. The predicted molar refractivity (Wildman–Crippen MR) is 86.8 cm³/mol. The smallest absolute Gasteiger partial charge is 0.315 e. The standard InChI is InChI=1S/C18H26N2O2/c1-3-13-8-18(9-13)10-15(11-18)20-17(21)19-12-14-4-6-16(22-2)7-5-14/h4-7,13,15H,3,8-12H2,1-2H3,(H2,19,20,21). The summed E-state index contributed by atoms with van der Waals surface area (Å²) >= 11 is 0. The molecule has 2 aliphatic rings. The van der Waals surface area contributed by atoms with E-state index in [1.165, 1.54) is 32.1 Å². The molecule has 2 amide bonds. The van der Waals surface area contributed by atoms with Crippen molar-refractivity contribution in [3.05, 3.63) is 29.8 Å². The number of nitrogens with one attached hydrogen (secondary N) is 2. The van der Waals surface area contributed by atoms with Crippen LogP contribution in [-0.2, 0) is 6.54 Å². The molecule has 0 aromatic heterocycles. The highest BCUT2D eigenvalue weighted by Crippen LogP contribution is 2.59. The molecule has 1 spiro atoms. The van der Waals surface area contributed by atoms with Crippen LogP contribution in [0.3, 0.4) is 0 Å². The molecule has 3 rings (SSSR count). The van der Waals surface area contributed by atoms with E-state index in [1.807, 2.05) is 24.3 Å². The summed E-state index contributed by atoms with van der Waals surface area (Å²) in [7, 11) is 1.65. The van der Waals surface area contributed by atoms with Crippen molar-refractivity contribution in [3.8, 4) is 5.75 Å². The van der Waals surface area contributed by atoms with Gasteiger partial charge in [-0.1, -0.05) is 25.5 Å². The van der Waals surface area contributed by atoms with Crippen LogP contribution in [0.5, 0.6) is 5.75 Å². The summed E-state index contributed by atoms with van der Waals surface area (Å²) in [6.45, 7) is 2.82. The van der Waals surface area contributed by atoms with E-state index < -0.39 is 0 Å². The summed E-state index contributed by atoms with van der Waals surface area (Å²) in [4.78, 5) is 11.9. The number of benzene rings is 1. The first-order valence-electron chi connectivity index (χ1n) is 8.30. The summed E-state index contributed by atoms with van der Waals surface area (Å²) < 4.78 is 5.12. The van der Waals surface area contributed by atoms with E-state index in [1.54, 1.807) is 7.11 Å². The van der Waals surface area contributed by atoms with E-state index in [-0.39, 0.29) is 6.03 Å². The topological polar surface area (TPSA) is 50.4 Å². The average Bonchev–Trinajstić information content (AvgIpc) is 2.46. The Morgan fingerprint density at radius 2 is 1.91 bits per heavy atom. The van der Waals surface area contributed by atoms with Crippen LogP contribution in [0.25, 0.3) is 0 Å². The first-order chi connectivity index (χ1) is 10.6. The summed E-state index contributed by atoms with van der Waals surface area (Å²) in [6.07, 6.45) is 6.38. The molecule has 1 aromatic rings. The highest BCUT2D eigenvalue weighted by molar-refractivity contribution is 5.74. The van der Waals surface area contributed by atoms with Crippen LogP contribution < -0.4 is 15.4 Å². The van der Waals surface area contributed by atoms with Gasteiger partial charge >= 0.3 is 6.03 Å². The van der Waals surface area contributed by atoms with Gasteiger partial charge in [0.15, 0.2) is 0 Å². The van der Waals surface area contributed by atoms with Crippen LogP contribution in [0.4, 0.5) is 4.79 Å². The van der Waals surface area contributed by atoms with Gasteiger partial charge in [-0.15, -0.1) is 0 Å². The lowest BCUT2D eigenvalue weighted by Gasteiger charge is -2.58. The molecule has 2 N–H and O–H groups in total. The van der Waals surface area contributed by atoms with Crippen molar-refractivity contribution in [2.24, 2.45) is 11.3 Å². The van der Waals surface area contributed by atoms with Crippen LogP contribution in [-0.4, -0.2) is 19.2 Å². The zero-order valence-electron chi connectivity index (χ0n) is 13.5. The Balaban J connectivity index is 1.35. The number of urea groups is 1. The second kappa shape index (κ2) is 6.19. The number of carbonyl (C=O) groups is 1. The largest absolute Gasteiger partial charge is 0.497 e. The van der Waals surface area contributed by atoms with Crippen LogP contribution in [0, 0.1) is 11.3 Å². The van der Waals surface area contributed by atoms with E-state index in [4.69, 9.17) is 4.74 Å². The third-order valence-electron chi connectivity index (χ3n) is 5.33. The Kier molecular flexibility index (Phi) is 4.27. The molecule has 0 bridgehead atoms. The van der Waals surface area contributed by atoms with Gasteiger partial charge in [-0.3, -0.25) is 0 Å². The Labute approximate surface area is 132 Å². The average molecular weight is 302 g/mol. The Morgan fingerprint density at radius 1 is 1.23 bits per heavy atom. The molecule has 22 heavy (non-hydrogen) atoms. The summed E-state index contributed by atoms with van der Waals surface area (Å²) in [6, 6.07) is 8.07. The first kappa shape index (κ1) is 15.2. The van der Waals surface area contributed by atoms with E-state index >= 15 is 0 Å². The fraction of sp³-hybridized carbons (Fsp3) is 0.611. The zero-order valence-corrected chi connectivity index (χ0v) is 13.5. The third-order valence-corrected chi connectivity index (χ3v) is 5.33. The van der Waals surface area contributed by atoms with Gasteiger partial charge in [0.1, 0.15) is 5.75 Å². The van der Waals surface area contributed by atoms with Crippen molar-refractivity contribution in [2.75, 3.05) is 7.11 Å². The van der Waals surface area contributed by atoms with E-state index in [2.05, 4.69) is 17.6 Å². The molecule has 4 heteroatoms. The van der Waals surface area contributed by atoms with Crippen molar-refractivity contribution >= 4 is 6.03 Å². The minimum atomic E-state index is -0.0537. The molecule has 120 valence electrons. The van der Waals surface area contributed by atoms with Gasteiger partial charge in [-0.05, 0) is 54.7 Å². The fourth-order valence-electron chi connectivity index (χ4n) is 4.04. The van der Waals surface area contributed by atoms with Gasteiger partial charge in [0.05, 0.1) is 7.11 Å². The molecule has 0 radical (unpaired) electrons. The van der Waals surface area contributed by atoms with Crippen molar-refractivity contribution in [1.29, 1.82) is 0 Å². The molecule has 0 atom stereocenters. The molecule has 1 aromatic carbocycles. The number of methoxy groups -OCH3 is 1. The molecule has 0 heterocycles. The van der Waals surface area contributed by atoms with Crippen molar-refractivity contribution < 1.29 is 9.53 Å². The lowest BCUT2D eigenvalue weighted by Crippen LogP contribution is -2.57. The van der Waals surface area contributed by atoms with E-state index in [0.29, 0.717) is 18.0 Å². The zero-order chi connectivity index (χ0) is 15.6. The Morgan fingerprint density at radius 3 is 2.50 bits per heavy atom. The van der Waals surface area contributed by atoms with E-state index in [9.17, 15) is 4.79 Å². The normalized spacial score (nSPS) is 29.4. The number of amides is 2. The minimum Gasteiger partial charge on any atom is -0.497 e. The lowest BCUT2D eigenvalue weighted by molar-refractivity contribution is -0.0468. The van der Waals surface area contributed by atoms with Crippen LogP contribution in [0.2, 0.25) is 0 Å². The first-order valence-corrected chi connectivity index (χ1v) is 8.30. The second-order valence-electron chi connectivity index (χ2n) is 6.96. The van der Waals surface area contributed by atoms with Gasteiger partial charge in [0, 0.05) is 12.6 Å². The van der Waals surface area contributed by atoms with Gasteiger partial charge in [-0.2, -0.15) is 0 Å². The van der Waals surface area contributed by atoms with Crippen LogP contribution in [0.15, 0.2) is 24.3 Å². The maximum Gasteiger partial charge on any atom is 0.315 e. The third kappa shape index (κ3) is 3.21. The number of rotatable bonds is 5. The highest BCUT2D eigenvalue weighted by Gasteiger charge is 2.52. The second-order valence-corrected chi connectivity index (χ2v) is 6.96. The molecule has 0 aliphatic heterocycles. The maximum atomic E-state index is 11.9. The number of carbonyl (C=O) groups excluding carboxylic acids is 1. The van der Waals surface area contributed by atoms with E-state index in [0.717, 1.165) is 17.2 Å². The summed E-state index contributed by atoms with van der Waals surface area (Å²) in [5.74, 6) is 1.77. The minimum absolute atomic E-state index is 0.0537. The molecule has 2 aliphatic carbocycles. The number of ether oxygens (including phenoxy) is 1. The molecular formula is C18H26N2O2. The number of hydrogen-bond donors (Lipinski definition) is 2. The van der Waals surface area contributed by atoms with Crippen molar-refractivity contribution in [1.82, 2.24) is 10.6 Å². The van der Waals surface area contributed by atoms with Gasteiger partial charge < -0.3 is 15.4 Å². The SMILES string of the molecule is CCC1CC2(C1)CC(NC(=O)NCc1ccc(OC)cc1)C2. The molecular weight excluding hydrogens is 276 g/mol. The summed E-state index contributed by atoms with van der Waals surface area (Å²) in [5, 5.41) is 6.02. The van der Waals surface area contributed by atoms with Gasteiger partial charge in [0.25, 0.3) is 0 Å². The highest BCUT2D eigenvalue weighted by atomic mass is 16.5. The molecule has 0 saturated heterocycles. The predicted octanol–water partition coefficient (Wildman–Crippen LogP) is 3.46. The van der Waals surface area contributed by atoms with Crippen LogP contribution >= 0.6 is 0 Å². The fourth-order valence-corrected chi connectivity index (χ4v) is 4.04. The van der Waals surface area contributed by atoms with Gasteiger partial charge in [-0.25, -0.2) is 4.79 Å². The molecule has 2 saturated carbocycles. The lowest BCUT2D eigenvalue weighted by atomic mass is 9.49. The van der Waals surface area contributed by atoms with Crippen molar-refractivity contribution in [2.45, 2.75) is 51.6 Å². The van der Waals surface area contributed by atoms with Crippen molar-refractivity contribution in [3.63, 3.8) is 0 Å². The quantitative estimate of drug-likeness (QED) is 0.875. The molecule has 4 nitrogen and oxygen atoms in total. The summed E-state index contributed by atoms with van der Waals surface area (Å²) in [5.41, 5.74) is 1.65. The molecule has 0 unspecified atom stereocenters. The maximum absolute atomic E-state index is 11.9. The Hall–Kier alpha value is -1.71. The monoisotopic (exact) mass is 302 g/mol.